The molecule has 0 aromatic heterocycles. The van der Waals surface area contributed by atoms with Gasteiger partial charge in [0.05, 0.1) is 6.10 Å². The fourth-order valence-electron chi connectivity index (χ4n) is 3.92. The third-order valence-corrected chi connectivity index (χ3v) is 5.95. The normalized spacial score (nSPS) is 17.6. The van der Waals surface area contributed by atoms with Crippen LogP contribution in [-0.4, -0.2) is 38.2 Å². The van der Waals surface area contributed by atoms with Crippen LogP contribution in [0.4, 0.5) is 5.69 Å². The first kappa shape index (κ1) is 22.7. The van der Waals surface area contributed by atoms with Crippen LogP contribution in [0.5, 0.6) is 5.75 Å². The largest absolute Gasteiger partial charge is 0.490 e. The first-order valence-corrected chi connectivity index (χ1v) is 10.8. The summed E-state index contributed by atoms with van der Waals surface area (Å²) >= 11 is 0. The molecular formula is C24H33IN4O. The van der Waals surface area contributed by atoms with E-state index in [0.717, 1.165) is 37.6 Å². The number of aliphatic imine (C=N–C) groups is 1. The number of hydrogen-bond acceptors (Lipinski definition) is 3. The van der Waals surface area contributed by atoms with Crippen molar-refractivity contribution in [1.82, 2.24) is 10.6 Å². The summed E-state index contributed by atoms with van der Waals surface area (Å²) in [6.45, 7) is 2.85. The van der Waals surface area contributed by atoms with Crippen LogP contribution >= 0.6 is 24.0 Å². The lowest BCUT2D eigenvalue weighted by atomic mass is 9.96. The van der Waals surface area contributed by atoms with E-state index in [0.29, 0.717) is 18.7 Å². The molecule has 0 atom stereocenters. The number of guanidine groups is 1. The molecule has 4 rings (SSSR count). The van der Waals surface area contributed by atoms with Gasteiger partial charge in [-0.05, 0) is 50.3 Å². The Hall–Kier alpha value is -1.96. The average molecular weight is 520 g/mol. The highest BCUT2D eigenvalue weighted by Gasteiger charge is 2.21. The third kappa shape index (κ3) is 6.03. The van der Waals surface area contributed by atoms with Crippen molar-refractivity contribution < 1.29 is 4.74 Å². The Bertz CT molecular complexity index is 802. The van der Waals surface area contributed by atoms with E-state index >= 15 is 0 Å². The van der Waals surface area contributed by atoms with E-state index in [9.17, 15) is 0 Å². The van der Waals surface area contributed by atoms with Crippen molar-refractivity contribution >= 4 is 35.6 Å². The molecule has 2 fully saturated rings. The standard InChI is InChI=1S/C24H32N4O.HI/c1-25-24(26-18-19-8-5-6-13-23(19)29-22-11-7-12-22)27-20-14-16-28(17-15-20)21-9-3-2-4-10-21;/h2-6,8-10,13,20,22H,7,11-12,14-18H2,1H3,(H2,25,26,27);1H. The Morgan fingerprint density at radius 3 is 2.37 bits per heavy atom. The van der Waals surface area contributed by atoms with Crippen molar-refractivity contribution in [3.63, 3.8) is 0 Å². The zero-order valence-electron chi connectivity index (χ0n) is 17.7. The second-order valence-corrected chi connectivity index (χ2v) is 7.95. The van der Waals surface area contributed by atoms with Gasteiger partial charge < -0.3 is 20.3 Å². The van der Waals surface area contributed by atoms with Crippen molar-refractivity contribution in [2.45, 2.75) is 50.8 Å². The van der Waals surface area contributed by atoms with Crippen molar-refractivity contribution in [1.29, 1.82) is 0 Å². The molecule has 6 heteroatoms. The minimum Gasteiger partial charge on any atom is -0.490 e. The van der Waals surface area contributed by atoms with E-state index in [1.807, 2.05) is 13.1 Å². The molecule has 1 aliphatic carbocycles. The van der Waals surface area contributed by atoms with Crippen molar-refractivity contribution in [3.8, 4) is 5.75 Å². The molecule has 1 aliphatic heterocycles. The van der Waals surface area contributed by atoms with Gasteiger partial charge in [0.25, 0.3) is 0 Å². The first-order chi connectivity index (χ1) is 14.3. The summed E-state index contributed by atoms with van der Waals surface area (Å²) < 4.78 is 6.15. The zero-order chi connectivity index (χ0) is 19.9. The maximum Gasteiger partial charge on any atom is 0.191 e. The monoisotopic (exact) mass is 520 g/mol. The smallest absolute Gasteiger partial charge is 0.191 e. The summed E-state index contributed by atoms with van der Waals surface area (Å²) in [6.07, 6.45) is 6.24. The molecule has 1 saturated carbocycles. The Morgan fingerprint density at radius 1 is 1.00 bits per heavy atom. The van der Waals surface area contributed by atoms with E-state index < -0.39 is 0 Å². The molecule has 0 amide bonds. The highest BCUT2D eigenvalue weighted by molar-refractivity contribution is 14.0. The molecule has 0 radical (unpaired) electrons. The van der Waals surface area contributed by atoms with Crippen LogP contribution < -0.4 is 20.3 Å². The van der Waals surface area contributed by atoms with Crippen molar-refractivity contribution in [2.24, 2.45) is 4.99 Å². The van der Waals surface area contributed by atoms with Crippen molar-refractivity contribution in [3.05, 3.63) is 60.2 Å². The fraction of sp³-hybridized carbons (Fsp3) is 0.458. The van der Waals surface area contributed by atoms with Crippen molar-refractivity contribution in [2.75, 3.05) is 25.0 Å². The fourth-order valence-corrected chi connectivity index (χ4v) is 3.92. The minimum atomic E-state index is 0. The second kappa shape index (κ2) is 11.4. The molecule has 5 nitrogen and oxygen atoms in total. The number of benzene rings is 2. The summed E-state index contributed by atoms with van der Waals surface area (Å²) in [5.74, 6) is 1.86. The Balaban J connectivity index is 0.00000256. The van der Waals surface area contributed by atoms with Gasteiger partial charge in [-0.1, -0.05) is 36.4 Å². The molecule has 2 aromatic carbocycles. The predicted molar refractivity (Wildman–Crippen MR) is 135 cm³/mol. The van der Waals surface area contributed by atoms with Gasteiger partial charge in [0.1, 0.15) is 5.75 Å². The van der Waals surface area contributed by atoms with Gasteiger partial charge in [0.15, 0.2) is 5.96 Å². The van der Waals surface area contributed by atoms with Gasteiger partial charge in [-0.3, -0.25) is 4.99 Å². The van der Waals surface area contributed by atoms with Crippen LogP contribution in [0.25, 0.3) is 0 Å². The predicted octanol–water partition coefficient (Wildman–Crippen LogP) is 4.57. The maximum absolute atomic E-state index is 6.15. The number of piperidine rings is 1. The van der Waals surface area contributed by atoms with Gasteiger partial charge in [-0.25, -0.2) is 0 Å². The lowest BCUT2D eigenvalue weighted by Crippen LogP contribution is -2.48. The summed E-state index contributed by atoms with van der Waals surface area (Å²) in [5, 5.41) is 7.07. The molecule has 0 unspecified atom stereocenters. The van der Waals surface area contributed by atoms with E-state index in [-0.39, 0.29) is 24.0 Å². The molecule has 2 N–H and O–H groups in total. The van der Waals surface area contributed by atoms with E-state index in [1.165, 1.54) is 30.5 Å². The minimum absolute atomic E-state index is 0. The number of nitrogens with zero attached hydrogens (tertiary/aromatic N) is 2. The van der Waals surface area contributed by atoms with Crippen LogP contribution in [-0.2, 0) is 6.54 Å². The number of hydrogen-bond donors (Lipinski definition) is 2. The van der Waals surface area contributed by atoms with E-state index in [4.69, 9.17) is 4.74 Å². The van der Waals surface area contributed by atoms with Crippen LogP contribution in [0.3, 0.4) is 0 Å². The van der Waals surface area contributed by atoms with Gasteiger partial charge >= 0.3 is 0 Å². The lowest BCUT2D eigenvalue weighted by Gasteiger charge is -2.34. The summed E-state index contributed by atoms with van der Waals surface area (Å²) in [7, 11) is 1.84. The van der Waals surface area contributed by atoms with Gasteiger partial charge in [0, 0.05) is 44.0 Å². The summed E-state index contributed by atoms with van der Waals surface area (Å²) in [4.78, 5) is 6.89. The number of nitrogens with one attached hydrogen (secondary N) is 2. The SMILES string of the molecule is CN=C(NCc1ccccc1OC1CCC1)NC1CCN(c2ccccc2)CC1.I. The van der Waals surface area contributed by atoms with Gasteiger partial charge in [0.2, 0.25) is 0 Å². The van der Waals surface area contributed by atoms with Crippen LogP contribution in [0.1, 0.15) is 37.7 Å². The molecular weight excluding hydrogens is 487 g/mol. The molecule has 2 aliphatic rings. The van der Waals surface area contributed by atoms with E-state index in [2.05, 4.69) is 69.1 Å². The Labute approximate surface area is 197 Å². The highest BCUT2D eigenvalue weighted by atomic mass is 127. The molecule has 1 saturated heterocycles. The number of halogens is 1. The topological polar surface area (TPSA) is 48.9 Å². The summed E-state index contributed by atoms with van der Waals surface area (Å²) in [5.41, 5.74) is 2.50. The first-order valence-electron chi connectivity index (χ1n) is 10.8. The third-order valence-electron chi connectivity index (χ3n) is 5.95. The Morgan fingerprint density at radius 2 is 1.70 bits per heavy atom. The number of rotatable bonds is 6. The lowest BCUT2D eigenvalue weighted by molar-refractivity contribution is 0.119. The van der Waals surface area contributed by atoms with Crippen LogP contribution in [0.15, 0.2) is 59.6 Å². The van der Waals surface area contributed by atoms with E-state index in [1.54, 1.807) is 0 Å². The zero-order valence-corrected chi connectivity index (χ0v) is 20.0. The maximum atomic E-state index is 6.15. The molecule has 30 heavy (non-hydrogen) atoms. The quantitative estimate of drug-likeness (QED) is 0.333. The van der Waals surface area contributed by atoms with Gasteiger partial charge in [-0.2, -0.15) is 0 Å². The Kier molecular flexibility index (Phi) is 8.66. The van der Waals surface area contributed by atoms with Gasteiger partial charge in [-0.15, -0.1) is 24.0 Å². The van der Waals surface area contributed by atoms with Crippen LogP contribution in [0, 0.1) is 0 Å². The second-order valence-electron chi connectivity index (χ2n) is 7.95. The average Bonchev–Trinajstić information content (AvgIpc) is 2.75. The highest BCUT2D eigenvalue weighted by Crippen LogP contribution is 2.27. The molecule has 162 valence electrons. The number of ether oxygens (including phenoxy) is 1. The molecule has 1 heterocycles. The molecule has 2 aromatic rings. The molecule has 0 spiro atoms. The molecule has 0 bridgehead atoms. The number of anilines is 1. The van der Waals surface area contributed by atoms with Crippen LogP contribution in [0.2, 0.25) is 0 Å². The number of para-hydroxylation sites is 2. The summed E-state index contributed by atoms with van der Waals surface area (Å²) in [6, 6.07) is 19.4.